The summed E-state index contributed by atoms with van der Waals surface area (Å²) in [6.07, 6.45) is -0.0483. The van der Waals surface area contributed by atoms with Crippen LogP contribution in [0.3, 0.4) is 0 Å². The lowest BCUT2D eigenvalue weighted by atomic mass is 9.89. The van der Waals surface area contributed by atoms with Gasteiger partial charge < -0.3 is 19.9 Å². The number of hydrogen-bond acceptors (Lipinski definition) is 3. The zero-order valence-electron chi connectivity index (χ0n) is 9.88. The summed E-state index contributed by atoms with van der Waals surface area (Å²) in [5.41, 5.74) is 0. The molecule has 0 aromatic heterocycles. The standard InChI is InChI=1S/C12H13F2NO4/c13-11(14)19-9-3-1-2-8(6-9)18-10-4-7(5-10)15-12(16)17/h1-3,6-7,10-11,15H,4-5H2,(H,16,17). The van der Waals surface area contributed by atoms with Crippen LogP contribution in [0.1, 0.15) is 12.8 Å². The van der Waals surface area contributed by atoms with E-state index in [-0.39, 0.29) is 17.9 Å². The largest absolute Gasteiger partial charge is 0.490 e. The first kappa shape index (κ1) is 13.4. The van der Waals surface area contributed by atoms with Crippen LogP contribution in [-0.2, 0) is 0 Å². The highest BCUT2D eigenvalue weighted by Crippen LogP contribution is 2.28. The molecule has 5 nitrogen and oxygen atoms in total. The third-order valence-electron chi connectivity index (χ3n) is 2.76. The van der Waals surface area contributed by atoms with Crippen LogP contribution in [0, 0.1) is 0 Å². The average Bonchev–Trinajstić information content (AvgIpc) is 2.25. The molecule has 0 unspecified atom stereocenters. The summed E-state index contributed by atoms with van der Waals surface area (Å²) in [6, 6.07) is 5.87. The van der Waals surface area contributed by atoms with E-state index in [0.717, 1.165) is 0 Å². The van der Waals surface area contributed by atoms with Crippen molar-refractivity contribution < 1.29 is 28.2 Å². The van der Waals surface area contributed by atoms with E-state index in [1.807, 2.05) is 0 Å². The molecule has 0 atom stereocenters. The number of benzene rings is 1. The number of alkyl halides is 2. The number of halogens is 2. The molecule has 1 aromatic carbocycles. The highest BCUT2D eigenvalue weighted by molar-refractivity contribution is 5.65. The van der Waals surface area contributed by atoms with Crippen molar-refractivity contribution in [2.75, 3.05) is 0 Å². The predicted octanol–water partition coefficient (Wildman–Crippen LogP) is 2.47. The van der Waals surface area contributed by atoms with Crippen molar-refractivity contribution in [2.24, 2.45) is 0 Å². The van der Waals surface area contributed by atoms with E-state index >= 15 is 0 Å². The zero-order valence-corrected chi connectivity index (χ0v) is 9.88. The lowest BCUT2D eigenvalue weighted by molar-refractivity contribution is -0.0500. The Hall–Kier alpha value is -2.05. The van der Waals surface area contributed by atoms with Gasteiger partial charge in [-0.3, -0.25) is 0 Å². The minimum atomic E-state index is -2.87. The zero-order chi connectivity index (χ0) is 13.8. The fourth-order valence-electron chi connectivity index (χ4n) is 1.87. The monoisotopic (exact) mass is 273 g/mol. The molecule has 19 heavy (non-hydrogen) atoms. The summed E-state index contributed by atoms with van der Waals surface area (Å²) >= 11 is 0. The van der Waals surface area contributed by atoms with Gasteiger partial charge in [0.15, 0.2) is 0 Å². The first-order valence-electron chi connectivity index (χ1n) is 5.74. The van der Waals surface area contributed by atoms with Gasteiger partial charge in [0.05, 0.1) is 0 Å². The topological polar surface area (TPSA) is 67.8 Å². The Balaban J connectivity index is 1.82. The average molecular weight is 273 g/mol. The molecule has 0 bridgehead atoms. The molecule has 1 amide bonds. The summed E-state index contributed by atoms with van der Waals surface area (Å²) in [4.78, 5) is 10.4. The van der Waals surface area contributed by atoms with E-state index < -0.39 is 12.7 Å². The van der Waals surface area contributed by atoms with E-state index in [1.165, 1.54) is 12.1 Å². The molecule has 1 fully saturated rings. The predicted molar refractivity (Wildman–Crippen MR) is 61.7 cm³/mol. The van der Waals surface area contributed by atoms with Gasteiger partial charge in [0.25, 0.3) is 0 Å². The van der Waals surface area contributed by atoms with Gasteiger partial charge in [0.2, 0.25) is 0 Å². The molecule has 2 rings (SSSR count). The molecular weight excluding hydrogens is 260 g/mol. The quantitative estimate of drug-likeness (QED) is 0.864. The molecule has 0 spiro atoms. The lowest BCUT2D eigenvalue weighted by Crippen LogP contribution is -2.48. The molecule has 2 N–H and O–H groups in total. The van der Waals surface area contributed by atoms with Crippen LogP contribution >= 0.6 is 0 Å². The second-order valence-electron chi connectivity index (χ2n) is 4.21. The van der Waals surface area contributed by atoms with Crippen LogP contribution in [-0.4, -0.2) is 30.0 Å². The van der Waals surface area contributed by atoms with Crippen molar-refractivity contribution in [3.05, 3.63) is 24.3 Å². The van der Waals surface area contributed by atoms with E-state index in [2.05, 4.69) is 10.1 Å². The van der Waals surface area contributed by atoms with Gasteiger partial charge in [-0.15, -0.1) is 0 Å². The van der Waals surface area contributed by atoms with E-state index in [9.17, 15) is 13.6 Å². The molecule has 1 aliphatic rings. The molecule has 0 radical (unpaired) electrons. The Kier molecular flexibility index (Phi) is 4.03. The van der Waals surface area contributed by atoms with E-state index in [1.54, 1.807) is 12.1 Å². The van der Waals surface area contributed by atoms with Crippen LogP contribution < -0.4 is 14.8 Å². The van der Waals surface area contributed by atoms with Crippen LogP contribution in [0.15, 0.2) is 24.3 Å². The van der Waals surface area contributed by atoms with Crippen molar-refractivity contribution in [3.8, 4) is 11.5 Å². The fourth-order valence-corrected chi connectivity index (χ4v) is 1.87. The second kappa shape index (κ2) is 5.73. The first-order chi connectivity index (χ1) is 9.02. The number of hydrogen-bond donors (Lipinski definition) is 2. The molecule has 0 heterocycles. The number of rotatable bonds is 5. The summed E-state index contributed by atoms with van der Waals surface area (Å²) in [5.74, 6) is 0.462. The summed E-state index contributed by atoms with van der Waals surface area (Å²) in [6.45, 7) is -2.87. The van der Waals surface area contributed by atoms with E-state index in [0.29, 0.717) is 18.6 Å². The van der Waals surface area contributed by atoms with Gasteiger partial charge in [-0.1, -0.05) is 6.07 Å². The van der Waals surface area contributed by atoms with Gasteiger partial charge in [0, 0.05) is 24.9 Å². The van der Waals surface area contributed by atoms with Crippen molar-refractivity contribution in [2.45, 2.75) is 31.6 Å². The van der Waals surface area contributed by atoms with Crippen molar-refractivity contribution in [1.82, 2.24) is 5.32 Å². The summed E-state index contributed by atoms with van der Waals surface area (Å²) in [7, 11) is 0. The van der Waals surface area contributed by atoms with Crippen LogP contribution in [0.5, 0.6) is 11.5 Å². The Morgan fingerprint density at radius 2 is 2.05 bits per heavy atom. The minimum Gasteiger partial charge on any atom is -0.490 e. The van der Waals surface area contributed by atoms with Crippen LogP contribution in [0.4, 0.5) is 13.6 Å². The van der Waals surface area contributed by atoms with Gasteiger partial charge in [-0.2, -0.15) is 8.78 Å². The molecule has 1 saturated carbocycles. The maximum absolute atomic E-state index is 12.0. The third-order valence-corrected chi connectivity index (χ3v) is 2.76. The molecule has 1 aliphatic carbocycles. The molecule has 0 aliphatic heterocycles. The smallest absolute Gasteiger partial charge is 0.404 e. The van der Waals surface area contributed by atoms with Crippen molar-refractivity contribution in [3.63, 3.8) is 0 Å². The molecular formula is C12H13F2NO4. The normalized spacial score (nSPS) is 21.6. The maximum Gasteiger partial charge on any atom is 0.404 e. The Labute approximate surface area is 108 Å². The molecule has 0 saturated heterocycles. The highest BCUT2D eigenvalue weighted by atomic mass is 19.3. The van der Waals surface area contributed by atoms with Crippen LogP contribution in [0.2, 0.25) is 0 Å². The molecule has 104 valence electrons. The summed E-state index contributed by atoms with van der Waals surface area (Å²) in [5, 5.41) is 10.9. The van der Waals surface area contributed by atoms with Crippen LogP contribution in [0.25, 0.3) is 0 Å². The van der Waals surface area contributed by atoms with E-state index in [4.69, 9.17) is 9.84 Å². The Bertz CT molecular complexity index is 449. The van der Waals surface area contributed by atoms with Gasteiger partial charge >= 0.3 is 12.7 Å². The van der Waals surface area contributed by atoms with Gasteiger partial charge in [-0.05, 0) is 12.1 Å². The number of amides is 1. The fraction of sp³-hybridized carbons (Fsp3) is 0.417. The van der Waals surface area contributed by atoms with Crippen molar-refractivity contribution in [1.29, 1.82) is 0 Å². The van der Waals surface area contributed by atoms with Gasteiger partial charge in [0.1, 0.15) is 17.6 Å². The highest BCUT2D eigenvalue weighted by Gasteiger charge is 2.32. The minimum absolute atomic E-state index is 0.0343. The Morgan fingerprint density at radius 1 is 1.37 bits per heavy atom. The number of nitrogens with one attached hydrogen (secondary N) is 1. The maximum atomic E-state index is 12.0. The number of carboxylic acid groups (broad SMARTS) is 1. The molecule has 1 aromatic rings. The third kappa shape index (κ3) is 3.97. The second-order valence-corrected chi connectivity index (χ2v) is 4.21. The number of ether oxygens (including phenoxy) is 2. The molecule has 7 heteroatoms. The number of carbonyl (C=O) groups is 1. The first-order valence-corrected chi connectivity index (χ1v) is 5.74. The van der Waals surface area contributed by atoms with Crippen molar-refractivity contribution >= 4 is 6.09 Å². The lowest BCUT2D eigenvalue weighted by Gasteiger charge is -2.35. The SMILES string of the molecule is O=C(O)NC1CC(Oc2cccc(OC(F)F)c2)C1. The summed E-state index contributed by atoms with van der Waals surface area (Å²) < 4.78 is 33.9. The Morgan fingerprint density at radius 3 is 2.68 bits per heavy atom. The van der Waals surface area contributed by atoms with Gasteiger partial charge in [-0.25, -0.2) is 4.79 Å².